The van der Waals surface area contributed by atoms with Gasteiger partial charge in [-0.25, -0.2) is 9.97 Å². The highest BCUT2D eigenvalue weighted by Gasteiger charge is 2.08. The van der Waals surface area contributed by atoms with E-state index in [1.165, 1.54) is 23.1 Å². The molecule has 0 aliphatic carbocycles. The smallest absolute Gasteiger partial charge is 0.212 e. The number of H-pyrrole nitrogens is 1. The van der Waals surface area contributed by atoms with Crippen LogP contribution in [0.5, 0.6) is 0 Å². The highest BCUT2D eigenvalue weighted by molar-refractivity contribution is 7.98. The lowest BCUT2D eigenvalue weighted by atomic mass is 10.4. The second-order valence-electron chi connectivity index (χ2n) is 6.05. The summed E-state index contributed by atoms with van der Waals surface area (Å²) in [4.78, 5) is 15.7. The van der Waals surface area contributed by atoms with Gasteiger partial charge in [-0.05, 0) is 6.92 Å². The summed E-state index contributed by atoms with van der Waals surface area (Å²) in [6.07, 6.45) is 1.74. The number of nitrogens with zero attached hydrogens (tertiary/aromatic N) is 5. The molecule has 0 aliphatic heterocycles. The number of rotatable bonds is 13. The number of nitrogens with one attached hydrogen (secondary N) is 3. The highest BCUT2D eigenvalue weighted by Crippen LogP contribution is 2.22. The molecule has 10 nitrogen and oxygen atoms in total. The van der Waals surface area contributed by atoms with Crippen molar-refractivity contribution in [1.29, 1.82) is 0 Å². The maximum atomic E-state index is 5.36. The molecule has 0 saturated heterocycles. The molecule has 0 bridgehead atoms. The Labute approximate surface area is 191 Å². The van der Waals surface area contributed by atoms with Crippen LogP contribution in [0.1, 0.15) is 17.1 Å². The number of hydrogen-bond acceptors (Lipinski definition) is 11. The highest BCUT2D eigenvalue weighted by atomic mass is 32.2. The lowest BCUT2D eigenvalue weighted by Gasteiger charge is -2.07. The Bertz CT molecular complexity index is 930. The molecule has 162 valence electrons. The fraction of sp³-hybridized carbons (Fsp3) is 0.438. The van der Waals surface area contributed by atoms with Crippen LogP contribution in [0.15, 0.2) is 16.7 Å². The Balaban J connectivity index is 1.29. The van der Waals surface area contributed by atoms with Gasteiger partial charge in [0.15, 0.2) is 17.6 Å². The van der Waals surface area contributed by atoms with Gasteiger partial charge in [-0.2, -0.15) is 37.3 Å². The SMILES string of the molecule is Cc1[nH]cnc1CSCCNc1nsnc1NCCSCc1csc(N=C(N)N)n1. The first-order chi connectivity index (χ1) is 14.6. The van der Waals surface area contributed by atoms with Crippen molar-refractivity contribution in [3.63, 3.8) is 0 Å². The number of aryl methyl sites for hydroxylation is 1. The molecule has 3 aromatic heterocycles. The van der Waals surface area contributed by atoms with Gasteiger partial charge in [-0.3, -0.25) is 0 Å². The molecule has 0 radical (unpaired) electrons. The number of anilines is 2. The number of aromatic nitrogens is 5. The molecule has 0 aromatic carbocycles. The molecule has 0 saturated carbocycles. The van der Waals surface area contributed by atoms with Gasteiger partial charge in [0.1, 0.15) is 0 Å². The monoisotopic (exact) mass is 484 g/mol. The quantitative estimate of drug-likeness (QED) is 0.139. The number of guanidine groups is 1. The first-order valence-corrected chi connectivity index (χ1v) is 13.0. The number of thiazole rings is 1. The Morgan fingerprint density at radius 2 is 1.83 bits per heavy atom. The minimum atomic E-state index is 0.0281. The molecule has 14 heteroatoms. The van der Waals surface area contributed by atoms with Crippen molar-refractivity contribution >= 4 is 69.3 Å². The third kappa shape index (κ3) is 7.34. The van der Waals surface area contributed by atoms with Crippen molar-refractivity contribution in [1.82, 2.24) is 23.7 Å². The summed E-state index contributed by atoms with van der Waals surface area (Å²) in [5, 5.41) is 9.25. The molecule has 3 rings (SSSR count). The van der Waals surface area contributed by atoms with Crippen LogP contribution in [0.25, 0.3) is 0 Å². The van der Waals surface area contributed by atoms with Gasteiger partial charge >= 0.3 is 0 Å². The van der Waals surface area contributed by atoms with E-state index in [0.717, 1.165) is 64.8 Å². The molecule has 3 aromatic rings. The van der Waals surface area contributed by atoms with Crippen molar-refractivity contribution in [3.8, 4) is 0 Å². The van der Waals surface area contributed by atoms with E-state index in [0.29, 0.717) is 5.13 Å². The first kappa shape index (κ1) is 22.7. The fourth-order valence-electron chi connectivity index (χ4n) is 2.31. The summed E-state index contributed by atoms with van der Waals surface area (Å²) in [6, 6.07) is 0. The zero-order valence-corrected chi connectivity index (χ0v) is 19.7. The van der Waals surface area contributed by atoms with Crippen molar-refractivity contribution < 1.29 is 0 Å². The van der Waals surface area contributed by atoms with Crippen molar-refractivity contribution in [2.24, 2.45) is 16.5 Å². The third-order valence-electron chi connectivity index (χ3n) is 3.75. The van der Waals surface area contributed by atoms with E-state index in [-0.39, 0.29) is 5.96 Å². The third-order valence-corrected chi connectivity index (χ3v) is 7.03. The predicted molar refractivity (Wildman–Crippen MR) is 130 cm³/mol. The number of aliphatic imine (C=N–C) groups is 1. The number of hydrogen-bond donors (Lipinski definition) is 5. The molecule has 3 heterocycles. The molecule has 0 amide bonds. The zero-order valence-electron chi connectivity index (χ0n) is 16.4. The maximum Gasteiger partial charge on any atom is 0.212 e. The van der Waals surface area contributed by atoms with E-state index < -0.39 is 0 Å². The molecule has 7 N–H and O–H groups in total. The van der Waals surface area contributed by atoms with Gasteiger partial charge in [0.25, 0.3) is 0 Å². The second-order valence-corrected chi connectivity index (χ2v) is 9.63. The zero-order chi connectivity index (χ0) is 21.2. The molecular formula is C16H24N10S4. The van der Waals surface area contributed by atoms with Gasteiger partial charge < -0.3 is 27.1 Å². The second kappa shape index (κ2) is 12.0. The van der Waals surface area contributed by atoms with E-state index in [1.807, 2.05) is 24.1 Å². The largest absolute Gasteiger partial charge is 0.370 e. The van der Waals surface area contributed by atoms with Crippen LogP contribution in [0.4, 0.5) is 16.8 Å². The molecule has 0 unspecified atom stereocenters. The lowest BCUT2D eigenvalue weighted by Crippen LogP contribution is -2.21. The Hall–Kier alpha value is -2.03. The van der Waals surface area contributed by atoms with Crippen LogP contribution in [-0.4, -0.2) is 54.3 Å². The number of aromatic amines is 1. The number of nitrogens with two attached hydrogens (primary N) is 2. The van der Waals surface area contributed by atoms with E-state index in [9.17, 15) is 0 Å². The molecule has 0 fully saturated rings. The average molecular weight is 485 g/mol. The van der Waals surface area contributed by atoms with Crippen LogP contribution < -0.4 is 22.1 Å². The summed E-state index contributed by atoms with van der Waals surface area (Å²) < 4.78 is 8.66. The molecule has 0 atom stereocenters. The van der Waals surface area contributed by atoms with Crippen LogP contribution in [0, 0.1) is 6.92 Å². The van der Waals surface area contributed by atoms with Crippen molar-refractivity contribution in [2.75, 3.05) is 35.2 Å². The summed E-state index contributed by atoms with van der Waals surface area (Å²) in [7, 11) is 0. The number of imidazole rings is 1. The van der Waals surface area contributed by atoms with Gasteiger partial charge in [0, 0.05) is 47.2 Å². The molecular weight excluding hydrogens is 461 g/mol. The standard InChI is InChI=1S/C16H24N10S4/c1-10-12(22-9-21-10)8-28-5-3-20-14-13(25-30-26-14)19-2-4-27-6-11-7-29-16(23-11)24-15(17)18/h7,9H,2-6,8H2,1H3,(H,19,25)(H,20,26)(H,21,22)(H4,17,18,23,24). The molecule has 0 aliphatic rings. The maximum absolute atomic E-state index is 5.36. The van der Waals surface area contributed by atoms with E-state index >= 15 is 0 Å². The average Bonchev–Trinajstić information content (AvgIpc) is 3.44. The number of thioether (sulfide) groups is 2. The summed E-state index contributed by atoms with van der Waals surface area (Å²) >= 11 is 6.26. The van der Waals surface area contributed by atoms with Gasteiger partial charge in [-0.15, -0.1) is 11.3 Å². The van der Waals surface area contributed by atoms with E-state index in [4.69, 9.17) is 11.5 Å². The normalized spacial score (nSPS) is 10.8. The lowest BCUT2D eigenvalue weighted by molar-refractivity contribution is 1.15. The van der Waals surface area contributed by atoms with Crippen LogP contribution in [0.2, 0.25) is 0 Å². The summed E-state index contributed by atoms with van der Waals surface area (Å²) in [5.74, 6) is 5.24. The van der Waals surface area contributed by atoms with E-state index in [1.54, 1.807) is 18.1 Å². The Kier molecular flexibility index (Phi) is 9.04. The topological polar surface area (TPSA) is 156 Å². The van der Waals surface area contributed by atoms with Gasteiger partial charge in [0.05, 0.1) is 29.4 Å². The Morgan fingerprint density at radius 3 is 2.47 bits per heavy atom. The molecule has 0 spiro atoms. The Morgan fingerprint density at radius 1 is 1.13 bits per heavy atom. The van der Waals surface area contributed by atoms with Crippen molar-refractivity contribution in [2.45, 2.75) is 18.4 Å². The summed E-state index contributed by atoms with van der Waals surface area (Å²) in [6.45, 7) is 3.66. The van der Waals surface area contributed by atoms with Crippen LogP contribution >= 0.6 is 46.6 Å². The van der Waals surface area contributed by atoms with Gasteiger partial charge in [-0.1, -0.05) is 0 Å². The van der Waals surface area contributed by atoms with Crippen LogP contribution in [-0.2, 0) is 11.5 Å². The minimum absolute atomic E-state index is 0.0281. The van der Waals surface area contributed by atoms with Gasteiger partial charge in [0.2, 0.25) is 5.13 Å². The fourth-order valence-corrected chi connectivity index (χ4v) is 5.25. The van der Waals surface area contributed by atoms with Crippen molar-refractivity contribution in [3.05, 3.63) is 28.8 Å². The summed E-state index contributed by atoms with van der Waals surface area (Å²) in [5.41, 5.74) is 13.9. The predicted octanol–water partition coefficient (Wildman–Crippen LogP) is 2.62. The minimum Gasteiger partial charge on any atom is -0.370 e. The van der Waals surface area contributed by atoms with E-state index in [2.05, 4.69) is 39.3 Å². The first-order valence-electron chi connectivity index (χ1n) is 9.10. The molecule has 30 heavy (non-hydrogen) atoms. The van der Waals surface area contributed by atoms with Crippen LogP contribution in [0.3, 0.4) is 0 Å².